The van der Waals surface area contributed by atoms with Crippen molar-refractivity contribution >= 4 is 12.0 Å². The molecule has 1 aromatic heterocycles. The molecule has 7 heteroatoms. The first-order valence-electron chi connectivity index (χ1n) is 7.31. The van der Waals surface area contributed by atoms with Crippen LogP contribution in [0.4, 0.5) is 0 Å². The Hall–Kier alpha value is -3.06. The van der Waals surface area contributed by atoms with Crippen LogP contribution in [0.1, 0.15) is 11.1 Å². The third kappa shape index (κ3) is 2.47. The maximum atomic E-state index is 5.85. The average molecular weight is 307 g/mol. The van der Waals surface area contributed by atoms with Crippen molar-refractivity contribution in [1.82, 2.24) is 25.2 Å². The smallest absolute Gasteiger partial charge is 0.117 e. The maximum Gasteiger partial charge on any atom is 0.117 e. The molecule has 2 aromatic rings. The van der Waals surface area contributed by atoms with Crippen molar-refractivity contribution < 1.29 is 0 Å². The van der Waals surface area contributed by atoms with E-state index in [0.717, 1.165) is 22.7 Å². The average Bonchev–Trinajstić information content (AvgIpc) is 3.12. The van der Waals surface area contributed by atoms with Gasteiger partial charge in [0.15, 0.2) is 0 Å². The van der Waals surface area contributed by atoms with Gasteiger partial charge in [-0.3, -0.25) is 20.1 Å². The largest absolute Gasteiger partial charge is 0.295 e. The number of nitrogens with zero attached hydrogens (tertiary/aromatic N) is 5. The summed E-state index contributed by atoms with van der Waals surface area (Å²) in [5.41, 5.74) is 8.37. The van der Waals surface area contributed by atoms with Crippen molar-refractivity contribution in [1.29, 1.82) is 0 Å². The van der Waals surface area contributed by atoms with Gasteiger partial charge in [0.1, 0.15) is 17.7 Å². The topological polar surface area (TPSA) is 74.7 Å². The molecular weight excluding hydrogens is 290 g/mol. The number of nitrogens with one attached hydrogen (secondary N) is 1. The monoisotopic (exact) mass is 307 g/mol. The van der Waals surface area contributed by atoms with Crippen molar-refractivity contribution in [2.45, 2.75) is 6.54 Å². The predicted molar refractivity (Wildman–Crippen MR) is 87.9 cm³/mol. The van der Waals surface area contributed by atoms with Gasteiger partial charge < -0.3 is 0 Å². The summed E-state index contributed by atoms with van der Waals surface area (Å²) in [7, 11) is 1.90. The fourth-order valence-corrected chi connectivity index (χ4v) is 2.71. The van der Waals surface area contributed by atoms with Crippen LogP contribution in [0, 0.1) is 0 Å². The van der Waals surface area contributed by atoms with Crippen LogP contribution in [0.2, 0.25) is 0 Å². The molecule has 7 nitrogen and oxygen atoms in total. The highest BCUT2D eigenvalue weighted by molar-refractivity contribution is 5.77. The molecule has 0 fully saturated rings. The minimum absolute atomic E-state index is 0.712. The molecule has 0 atom stereocenters. The highest BCUT2D eigenvalue weighted by Crippen LogP contribution is 2.33. The van der Waals surface area contributed by atoms with E-state index in [0.29, 0.717) is 6.54 Å². The van der Waals surface area contributed by atoms with Crippen LogP contribution in [0.5, 0.6) is 0 Å². The number of hydrogen-bond donors (Lipinski definition) is 2. The lowest BCUT2D eigenvalue weighted by Gasteiger charge is -2.24. The highest BCUT2D eigenvalue weighted by Gasteiger charge is 2.30. The summed E-state index contributed by atoms with van der Waals surface area (Å²) in [6, 6.07) is 10.3. The van der Waals surface area contributed by atoms with Gasteiger partial charge in [0.2, 0.25) is 0 Å². The van der Waals surface area contributed by atoms with Crippen molar-refractivity contribution in [3.05, 3.63) is 71.4 Å². The molecule has 0 spiro atoms. The van der Waals surface area contributed by atoms with Gasteiger partial charge in [0, 0.05) is 25.0 Å². The van der Waals surface area contributed by atoms with E-state index in [4.69, 9.17) is 5.84 Å². The van der Waals surface area contributed by atoms with E-state index in [2.05, 4.69) is 27.6 Å². The quantitative estimate of drug-likeness (QED) is 0.833. The Morgan fingerprint density at radius 3 is 2.78 bits per heavy atom. The molecule has 0 bridgehead atoms. The molecule has 2 aliphatic heterocycles. The Morgan fingerprint density at radius 2 is 2.04 bits per heavy atom. The minimum Gasteiger partial charge on any atom is -0.295 e. The lowest BCUT2D eigenvalue weighted by molar-refractivity contribution is 0.302. The molecule has 116 valence electrons. The van der Waals surface area contributed by atoms with Crippen molar-refractivity contribution in [3.63, 3.8) is 0 Å². The summed E-state index contributed by atoms with van der Waals surface area (Å²) in [5.74, 6) is 5.85. The Morgan fingerprint density at radius 1 is 1.22 bits per heavy atom. The van der Waals surface area contributed by atoms with Crippen molar-refractivity contribution in [2.75, 3.05) is 0 Å². The number of fused-ring (bicyclic) bond motifs is 1. The number of rotatable bonds is 3. The van der Waals surface area contributed by atoms with Crippen LogP contribution in [0.3, 0.4) is 0 Å². The van der Waals surface area contributed by atoms with E-state index < -0.39 is 0 Å². The second-order valence-electron chi connectivity index (χ2n) is 5.52. The zero-order chi connectivity index (χ0) is 15.8. The molecule has 3 heterocycles. The van der Waals surface area contributed by atoms with Gasteiger partial charge in [0.05, 0.1) is 18.4 Å². The standard InChI is InChI=1S/C16H17N7/c1-21-9-13(7-19-21)15-16-14(10-22(17)11-18-16)23(20-15)8-12-5-3-2-4-6-12/h2-7,9-11,20H,8,17H2,1H3. The first-order valence-corrected chi connectivity index (χ1v) is 7.31. The van der Waals surface area contributed by atoms with E-state index in [1.807, 2.05) is 48.8 Å². The van der Waals surface area contributed by atoms with Crippen LogP contribution < -0.4 is 11.3 Å². The zero-order valence-corrected chi connectivity index (χ0v) is 12.7. The number of hydrazine groups is 2. The van der Waals surface area contributed by atoms with Gasteiger partial charge in [-0.25, -0.2) is 10.8 Å². The van der Waals surface area contributed by atoms with Crippen LogP contribution in [-0.4, -0.2) is 26.1 Å². The number of aryl methyl sites for hydroxylation is 1. The van der Waals surface area contributed by atoms with Gasteiger partial charge in [-0.1, -0.05) is 30.3 Å². The number of aromatic nitrogens is 2. The highest BCUT2D eigenvalue weighted by atomic mass is 15.6. The van der Waals surface area contributed by atoms with Gasteiger partial charge in [-0.15, -0.1) is 0 Å². The second-order valence-corrected chi connectivity index (χ2v) is 5.52. The van der Waals surface area contributed by atoms with Crippen LogP contribution in [0.15, 0.2) is 65.3 Å². The zero-order valence-electron chi connectivity index (χ0n) is 12.7. The van der Waals surface area contributed by atoms with Crippen LogP contribution in [-0.2, 0) is 13.6 Å². The first-order chi connectivity index (χ1) is 11.2. The third-order valence-electron chi connectivity index (χ3n) is 3.79. The summed E-state index contributed by atoms with van der Waals surface area (Å²) < 4.78 is 1.77. The molecule has 0 unspecified atom stereocenters. The summed E-state index contributed by atoms with van der Waals surface area (Å²) in [4.78, 5) is 4.48. The third-order valence-corrected chi connectivity index (χ3v) is 3.79. The SMILES string of the molecule is Cn1cc(C2=C3N=CN(N)C=C3N(Cc3ccccc3)N2)cn1. The Labute approximate surface area is 134 Å². The summed E-state index contributed by atoms with van der Waals surface area (Å²) in [6.45, 7) is 0.712. The molecule has 0 aliphatic carbocycles. The van der Waals surface area contributed by atoms with Gasteiger partial charge in [-0.05, 0) is 5.56 Å². The molecule has 0 saturated heterocycles. The molecule has 23 heavy (non-hydrogen) atoms. The van der Waals surface area contributed by atoms with E-state index in [1.54, 1.807) is 11.0 Å². The molecule has 0 amide bonds. The number of aliphatic imine (C=N–C) groups is 1. The summed E-state index contributed by atoms with van der Waals surface area (Å²) in [6.07, 6.45) is 7.25. The molecular formula is C16H17N7. The molecule has 4 rings (SSSR count). The lowest BCUT2D eigenvalue weighted by Crippen LogP contribution is -2.33. The van der Waals surface area contributed by atoms with Gasteiger partial charge in [0.25, 0.3) is 0 Å². The molecule has 3 N–H and O–H groups in total. The van der Waals surface area contributed by atoms with E-state index in [-0.39, 0.29) is 0 Å². The van der Waals surface area contributed by atoms with E-state index >= 15 is 0 Å². The van der Waals surface area contributed by atoms with Gasteiger partial charge >= 0.3 is 0 Å². The predicted octanol–water partition coefficient (Wildman–Crippen LogP) is 1.17. The number of nitrogens with two attached hydrogens (primary N) is 1. The Balaban J connectivity index is 1.70. The molecule has 0 radical (unpaired) electrons. The fraction of sp³-hybridized carbons (Fsp3) is 0.125. The van der Waals surface area contributed by atoms with Crippen molar-refractivity contribution in [2.24, 2.45) is 17.9 Å². The first kappa shape index (κ1) is 13.6. The van der Waals surface area contributed by atoms with E-state index in [1.165, 1.54) is 10.6 Å². The van der Waals surface area contributed by atoms with E-state index in [9.17, 15) is 0 Å². The normalized spacial score (nSPS) is 16.5. The number of benzene rings is 1. The van der Waals surface area contributed by atoms with Crippen LogP contribution >= 0.6 is 0 Å². The van der Waals surface area contributed by atoms with Crippen LogP contribution in [0.25, 0.3) is 5.70 Å². The summed E-state index contributed by atoms with van der Waals surface area (Å²) in [5, 5.41) is 7.75. The number of hydrogen-bond acceptors (Lipinski definition) is 6. The summed E-state index contributed by atoms with van der Waals surface area (Å²) >= 11 is 0. The fourth-order valence-electron chi connectivity index (χ4n) is 2.71. The lowest BCUT2D eigenvalue weighted by atomic mass is 10.2. The molecule has 1 aromatic carbocycles. The molecule has 2 aliphatic rings. The second kappa shape index (κ2) is 5.29. The Bertz CT molecular complexity index is 816. The van der Waals surface area contributed by atoms with Gasteiger partial charge in [-0.2, -0.15) is 5.10 Å². The minimum atomic E-state index is 0.712. The molecule has 0 saturated carbocycles. The maximum absolute atomic E-state index is 5.85. The van der Waals surface area contributed by atoms with Crippen molar-refractivity contribution in [3.8, 4) is 0 Å². The Kier molecular flexibility index (Phi) is 3.13.